The van der Waals surface area contributed by atoms with Crippen LogP contribution in [0.25, 0.3) is 0 Å². The van der Waals surface area contributed by atoms with Crippen LogP contribution in [0.3, 0.4) is 0 Å². The average Bonchev–Trinajstić information content (AvgIpc) is 2.59. The van der Waals surface area contributed by atoms with Gasteiger partial charge in [0.1, 0.15) is 12.2 Å². The lowest BCUT2D eigenvalue weighted by Crippen LogP contribution is -1.86. The monoisotopic (exact) mass is 304 g/mol. The van der Waals surface area contributed by atoms with Crippen molar-refractivity contribution < 1.29 is 4.74 Å². The molecule has 0 spiro atoms. The van der Waals surface area contributed by atoms with Crippen LogP contribution < -0.4 is 11.5 Å². The Bertz CT molecular complexity index is 678. The van der Waals surface area contributed by atoms with Crippen molar-refractivity contribution in [2.45, 2.75) is 12.8 Å². The summed E-state index contributed by atoms with van der Waals surface area (Å²) in [4.78, 5) is 0. The molecular weight excluding hydrogens is 288 g/mol. The van der Waals surface area contributed by atoms with Crippen LogP contribution in [0, 0.1) is 34.8 Å². The molecule has 5 nitrogen and oxygen atoms in total. The summed E-state index contributed by atoms with van der Waals surface area (Å²) in [6, 6.07) is 15.2. The predicted molar refractivity (Wildman–Crippen MR) is 89.2 cm³/mol. The van der Waals surface area contributed by atoms with Gasteiger partial charge in [0, 0.05) is 35.0 Å². The topological polar surface area (TPSA) is 109 Å². The van der Waals surface area contributed by atoms with Crippen molar-refractivity contribution in [1.29, 1.82) is 10.8 Å². The molecule has 0 aliphatic rings. The van der Waals surface area contributed by atoms with Crippen LogP contribution in [0.2, 0.25) is 0 Å². The number of anilines is 2. The molecule has 0 saturated carbocycles. The largest absolute Gasteiger partial charge is 0.399 e. The first-order chi connectivity index (χ1) is 11.2. The van der Waals surface area contributed by atoms with Crippen molar-refractivity contribution in [2.75, 3.05) is 11.5 Å². The lowest BCUT2D eigenvalue weighted by atomic mass is 10.1. The van der Waals surface area contributed by atoms with Gasteiger partial charge in [0.2, 0.25) is 0 Å². The molecule has 0 aliphatic carbocycles. The molecule has 0 amide bonds. The van der Waals surface area contributed by atoms with Crippen LogP contribution in [0.4, 0.5) is 11.4 Å². The van der Waals surface area contributed by atoms with E-state index in [9.17, 15) is 0 Å². The second kappa shape index (κ2) is 10.2. The number of nitrogens with two attached hydrogens (primary N) is 2. The van der Waals surface area contributed by atoms with E-state index in [4.69, 9.17) is 27.0 Å². The molecule has 5 heteroatoms. The van der Waals surface area contributed by atoms with E-state index in [1.165, 1.54) is 0 Å². The molecule has 2 aromatic rings. The van der Waals surface area contributed by atoms with E-state index in [-0.39, 0.29) is 0 Å². The summed E-state index contributed by atoms with van der Waals surface area (Å²) in [7, 11) is 0. The summed E-state index contributed by atoms with van der Waals surface area (Å²) in [5, 5.41) is 12.0. The molecular formula is C18H16N4O. The highest BCUT2D eigenvalue weighted by atomic mass is 16.5. The molecule has 0 fully saturated rings. The summed E-state index contributed by atoms with van der Waals surface area (Å²) < 4.78 is 4.95. The van der Waals surface area contributed by atoms with Crippen molar-refractivity contribution in [3.05, 3.63) is 59.7 Å². The molecule has 4 N–H and O–H groups in total. The zero-order chi connectivity index (χ0) is 16.9. The number of benzene rings is 2. The van der Waals surface area contributed by atoms with Crippen molar-refractivity contribution in [3.63, 3.8) is 0 Å². The van der Waals surface area contributed by atoms with Gasteiger partial charge < -0.3 is 16.2 Å². The quantitative estimate of drug-likeness (QED) is 0.503. The maximum Gasteiger partial charge on any atom is 0.130 e. The van der Waals surface area contributed by atoms with Gasteiger partial charge >= 0.3 is 0 Å². The fourth-order valence-corrected chi connectivity index (χ4v) is 1.64. The number of hydrogen-bond donors (Lipinski definition) is 2. The minimum Gasteiger partial charge on any atom is -0.399 e. The molecule has 23 heavy (non-hydrogen) atoms. The third-order valence-corrected chi connectivity index (χ3v) is 2.79. The molecule has 0 saturated heterocycles. The zero-order valence-corrected chi connectivity index (χ0v) is 12.5. The molecule has 0 heterocycles. The Hall–Kier alpha value is -3.62. The van der Waals surface area contributed by atoms with Gasteiger partial charge in [-0.3, -0.25) is 0 Å². The summed E-state index contributed by atoms with van der Waals surface area (Å²) in [5.74, 6) is 5.79. The molecule has 0 aliphatic heterocycles. The van der Waals surface area contributed by atoms with E-state index >= 15 is 0 Å². The highest BCUT2D eigenvalue weighted by molar-refractivity contribution is 5.40. The summed E-state index contributed by atoms with van der Waals surface area (Å²) in [5.41, 5.74) is 14.9. The first kappa shape index (κ1) is 17.4. The van der Waals surface area contributed by atoms with Crippen LogP contribution >= 0.6 is 0 Å². The van der Waals surface area contributed by atoms with Gasteiger partial charge in [-0.1, -0.05) is 36.1 Å². The highest BCUT2D eigenvalue weighted by Gasteiger charge is 1.89. The molecule has 0 radical (unpaired) electrons. The van der Waals surface area contributed by atoms with Gasteiger partial charge in [-0.15, -0.1) is 0 Å². The van der Waals surface area contributed by atoms with Gasteiger partial charge in [0.25, 0.3) is 0 Å². The lowest BCUT2D eigenvalue weighted by Gasteiger charge is -1.95. The Morgan fingerprint density at radius 2 is 1.04 bits per heavy atom. The Morgan fingerprint density at radius 3 is 1.39 bits per heavy atom. The third kappa shape index (κ3) is 7.09. The van der Waals surface area contributed by atoms with E-state index in [2.05, 4.69) is 24.1 Å². The lowest BCUT2D eigenvalue weighted by molar-refractivity contribution is 0.478. The van der Waals surface area contributed by atoms with Gasteiger partial charge in [-0.05, 0) is 35.4 Å². The van der Waals surface area contributed by atoms with Crippen LogP contribution in [-0.2, 0) is 17.6 Å². The molecule has 0 bridgehead atoms. The smallest absolute Gasteiger partial charge is 0.130 e. The van der Waals surface area contributed by atoms with Gasteiger partial charge in [0.15, 0.2) is 0 Å². The Kier molecular flexibility index (Phi) is 7.70. The second-order valence-corrected chi connectivity index (χ2v) is 4.50. The molecule has 0 unspecified atom stereocenters. The van der Waals surface area contributed by atoms with Gasteiger partial charge in [-0.25, -0.2) is 0 Å². The fraction of sp³-hybridized carbons (Fsp3) is 0.111. The summed E-state index contributed by atoms with van der Waals surface area (Å²) in [6.45, 7) is 0. The van der Waals surface area contributed by atoms with Crippen LogP contribution in [0.5, 0.6) is 0 Å². The number of nitrogen functional groups attached to an aromatic ring is 2. The summed E-state index contributed by atoms with van der Waals surface area (Å²) in [6.07, 6.45) is 6.36. The summed E-state index contributed by atoms with van der Waals surface area (Å²) >= 11 is 0. The zero-order valence-electron chi connectivity index (χ0n) is 12.5. The number of ether oxygens (including phenoxy) is 1. The highest BCUT2D eigenvalue weighted by Crippen LogP contribution is 2.06. The maximum atomic E-state index is 6.00. The molecule has 0 aromatic heterocycles. The van der Waals surface area contributed by atoms with Gasteiger partial charge in [0.05, 0.1) is 0 Å². The van der Waals surface area contributed by atoms with Gasteiger partial charge in [-0.2, -0.15) is 0 Å². The van der Waals surface area contributed by atoms with E-state index in [1.807, 2.05) is 48.5 Å². The van der Waals surface area contributed by atoms with Crippen molar-refractivity contribution in [1.82, 2.24) is 0 Å². The Labute approximate surface area is 135 Å². The van der Waals surface area contributed by atoms with E-state index in [0.29, 0.717) is 12.8 Å². The molecule has 114 valence electrons. The number of hydrogen-bond acceptors (Lipinski definition) is 5. The maximum absolute atomic E-state index is 6.00. The van der Waals surface area contributed by atoms with Crippen LogP contribution in [0.1, 0.15) is 11.1 Å². The standard InChI is InChI=1S/C18H16N2O.N2/c19-17-9-5-15(6-10-17)3-1-13-21-14-2-4-16-7-11-18(20)12-8-16;1-2/h5-12H,3-4,19-20H2;. The Morgan fingerprint density at radius 1 is 0.696 bits per heavy atom. The van der Waals surface area contributed by atoms with E-state index in [0.717, 1.165) is 22.5 Å². The minimum atomic E-state index is 0.611. The molecule has 2 rings (SSSR count). The number of nitrogens with zero attached hydrogens (tertiary/aromatic N) is 2. The first-order valence-electron chi connectivity index (χ1n) is 6.74. The van der Waals surface area contributed by atoms with Crippen molar-refractivity contribution >= 4 is 11.4 Å². The molecule has 0 atom stereocenters. The fourth-order valence-electron chi connectivity index (χ4n) is 1.64. The second-order valence-electron chi connectivity index (χ2n) is 4.50. The minimum absolute atomic E-state index is 0.611. The van der Waals surface area contributed by atoms with Crippen molar-refractivity contribution in [2.24, 2.45) is 0 Å². The Balaban J connectivity index is 0.00000127. The first-order valence-corrected chi connectivity index (χ1v) is 6.74. The van der Waals surface area contributed by atoms with E-state index < -0.39 is 0 Å². The van der Waals surface area contributed by atoms with Crippen LogP contribution in [0.15, 0.2) is 48.5 Å². The number of rotatable bonds is 2. The van der Waals surface area contributed by atoms with E-state index in [1.54, 1.807) is 0 Å². The predicted octanol–water partition coefficient (Wildman–Crippen LogP) is 2.60. The SMILES string of the molecule is N#N.Nc1ccc(CC#COC#CCc2ccc(N)cc2)cc1. The van der Waals surface area contributed by atoms with Crippen molar-refractivity contribution in [3.8, 4) is 24.1 Å². The van der Waals surface area contributed by atoms with Crippen LogP contribution in [-0.4, -0.2) is 0 Å². The molecule has 2 aromatic carbocycles. The third-order valence-electron chi connectivity index (χ3n) is 2.79. The average molecular weight is 304 g/mol. The normalized spacial score (nSPS) is 8.26.